The Hall–Kier alpha value is -3.83. The average molecular weight is 557 g/mol. The van der Waals surface area contributed by atoms with Gasteiger partial charge in [0.1, 0.15) is 10.8 Å². The lowest BCUT2D eigenvalue weighted by Gasteiger charge is -2.19. The number of nitrogens with zero attached hydrogens (tertiary/aromatic N) is 4. The van der Waals surface area contributed by atoms with Crippen LogP contribution in [0.2, 0.25) is 0 Å². The predicted octanol–water partition coefficient (Wildman–Crippen LogP) is 8.00. The third-order valence-corrected chi connectivity index (χ3v) is 10.1. The van der Waals surface area contributed by atoms with Gasteiger partial charge in [-0.05, 0) is 85.3 Å². The summed E-state index contributed by atoms with van der Waals surface area (Å²) in [5.74, 6) is 2.25. The molecule has 41 heavy (non-hydrogen) atoms. The molecule has 0 fully saturated rings. The van der Waals surface area contributed by atoms with Crippen LogP contribution in [0.3, 0.4) is 0 Å². The second-order valence-corrected chi connectivity index (χ2v) is 12.5. The van der Waals surface area contributed by atoms with Crippen molar-refractivity contribution in [3.63, 3.8) is 0 Å². The summed E-state index contributed by atoms with van der Waals surface area (Å²) >= 11 is 1.93. The summed E-state index contributed by atoms with van der Waals surface area (Å²) in [5.41, 5.74) is 11.0. The zero-order valence-electron chi connectivity index (χ0n) is 23.9. The average Bonchev–Trinajstić information content (AvgIpc) is 3.69. The number of aromatic nitrogens is 3. The number of aryl methyl sites for hydroxylation is 4. The number of fused-ring (bicyclic) bond motifs is 5. The molecule has 1 atom stereocenters. The highest BCUT2D eigenvalue weighted by Gasteiger charge is 2.29. The van der Waals surface area contributed by atoms with Crippen molar-refractivity contribution in [2.45, 2.75) is 71.3 Å². The van der Waals surface area contributed by atoms with Gasteiger partial charge in [-0.15, -0.1) is 21.5 Å². The smallest absolute Gasteiger partial charge is 0.159 e. The van der Waals surface area contributed by atoms with Gasteiger partial charge in [0, 0.05) is 22.1 Å². The number of hydrogen-bond acceptors (Lipinski definition) is 4. The Morgan fingerprint density at radius 3 is 2.27 bits per heavy atom. The van der Waals surface area contributed by atoms with Gasteiger partial charge in [-0.2, -0.15) is 0 Å². The number of rotatable bonds is 8. The first kappa shape index (κ1) is 26.1. The molecule has 0 bridgehead atoms. The molecule has 0 saturated carbocycles. The lowest BCUT2D eigenvalue weighted by molar-refractivity contribution is 0.803. The highest BCUT2D eigenvalue weighted by atomic mass is 32.1. The number of thiophene rings is 1. The van der Waals surface area contributed by atoms with Crippen LogP contribution in [-0.4, -0.2) is 20.5 Å². The molecular weight excluding hydrogens is 520 g/mol. The van der Waals surface area contributed by atoms with E-state index in [-0.39, 0.29) is 0 Å². The summed E-state index contributed by atoms with van der Waals surface area (Å²) in [6.07, 6.45) is 7.59. The van der Waals surface area contributed by atoms with Crippen LogP contribution in [0.25, 0.3) is 5.00 Å². The molecule has 3 aromatic carbocycles. The minimum absolute atomic E-state index is 0.332. The molecule has 4 nitrogen and oxygen atoms in total. The summed E-state index contributed by atoms with van der Waals surface area (Å²) in [7, 11) is 0. The highest BCUT2D eigenvalue weighted by molar-refractivity contribution is 7.15. The summed E-state index contributed by atoms with van der Waals surface area (Å²) < 4.78 is 2.25. The van der Waals surface area contributed by atoms with Crippen LogP contribution in [0.1, 0.15) is 81.2 Å². The Morgan fingerprint density at radius 2 is 1.54 bits per heavy atom. The van der Waals surface area contributed by atoms with Crippen molar-refractivity contribution < 1.29 is 0 Å². The molecule has 206 valence electrons. The molecule has 0 spiro atoms. The fourth-order valence-electron chi connectivity index (χ4n) is 6.51. The van der Waals surface area contributed by atoms with Gasteiger partial charge in [0.05, 0.1) is 6.54 Å². The summed E-state index contributed by atoms with van der Waals surface area (Å²) in [6, 6.07) is 29.5. The quantitative estimate of drug-likeness (QED) is 0.194. The fourth-order valence-corrected chi connectivity index (χ4v) is 7.99. The Balaban J connectivity index is 1.14. The van der Waals surface area contributed by atoms with E-state index in [0.717, 1.165) is 43.8 Å². The Bertz CT molecular complexity index is 1690. The Kier molecular flexibility index (Phi) is 7.14. The lowest BCUT2D eigenvalue weighted by atomic mass is 9.85. The van der Waals surface area contributed by atoms with Crippen molar-refractivity contribution >= 4 is 17.0 Å². The van der Waals surface area contributed by atoms with E-state index in [4.69, 9.17) is 4.99 Å². The molecule has 2 aromatic heterocycles. The van der Waals surface area contributed by atoms with Crippen LogP contribution >= 0.6 is 11.3 Å². The minimum atomic E-state index is 0.332. The normalized spacial score (nSPS) is 14.6. The second-order valence-electron chi connectivity index (χ2n) is 11.4. The molecule has 0 N–H and O–H groups in total. The molecule has 1 aliphatic heterocycles. The maximum absolute atomic E-state index is 5.13. The van der Waals surface area contributed by atoms with E-state index in [1.165, 1.54) is 67.4 Å². The maximum Gasteiger partial charge on any atom is 0.159 e. The number of hydrogen-bond donors (Lipinski definition) is 0. The predicted molar refractivity (Wildman–Crippen MR) is 169 cm³/mol. The van der Waals surface area contributed by atoms with Gasteiger partial charge in [0.15, 0.2) is 5.82 Å². The van der Waals surface area contributed by atoms with E-state index < -0.39 is 0 Å². The van der Waals surface area contributed by atoms with E-state index in [1.54, 1.807) is 0 Å². The third kappa shape index (κ3) is 5.08. The minimum Gasteiger partial charge on any atom is -0.281 e. The van der Waals surface area contributed by atoms with Gasteiger partial charge in [-0.25, -0.2) is 0 Å². The molecule has 0 saturated heterocycles. The van der Waals surface area contributed by atoms with Crippen LogP contribution < -0.4 is 0 Å². The summed E-state index contributed by atoms with van der Waals surface area (Å²) in [5, 5.41) is 10.1. The largest absolute Gasteiger partial charge is 0.281 e. The van der Waals surface area contributed by atoms with Gasteiger partial charge in [0.25, 0.3) is 0 Å². The SMILES string of the molecule is CCc1ccc(C(Cc2ccccc2)c2ccc(CCC3=NCc4nnc(C)n4-c4sc5c(c43)CCC5)cc2)cc1. The molecule has 0 amide bonds. The highest BCUT2D eigenvalue weighted by Crippen LogP contribution is 2.41. The van der Waals surface area contributed by atoms with Gasteiger partial charge in [-0.3, -0.25) is 9.56 Å². The topological polar surface area (TPSA) is 43.1 Å². The monoisotopic (exact) mass is 556 g/mol. The van der Waals surface area contributed by atoms with Gasteiger partial charge in [-0.1, -0.05) is 85.8 Å². The number of aliphatic imine (C=N–C) groups is 1. The van der Waals surface area contributed by atoms with Crippen LogP contribution in [0.5, 0.6) is 0 Å². The fraction of sp³-hybridized carbons (Fsp3) is 0.306. The molecule has 2 aliphatic rings. The first-order valence-corrected chi connectivity index (χ1v) is 15.8. The molecule has 5 aromatic rings. The van der Waals surface area contributed by atoms with Crippen molar-refractivity contribution in [1.29, 1.82) is 0 Å². The maximum atomic E-state index is 5.13. The molecule has 5 heteroatoms. The molecule has 3 heterocycles. The molecule has 1 aliphatic carbocycles. The Labute approximate surface area is 246 Å². The van der Waals surface area contributed by atoms with E-state index in [0.29, 0.717) is 12.5 Å². The van der Waals surface area contributed by atoms with Crippen molar-refractivity contribution in [2.24, 2.45) is 4.99 Å². The van der Waals surface area contributed by atoms with Crippen LogP contribution in [0, 0.1) is 6.92 Å². The van der Waals surface area contributed by atoms with Gasteiger partial charge < -0.3 is 0 Å². The zero-order chi connectivity index (χ0) is 27.8. The van der Waals surface area contributed by atoms with Crippen LogP contribution in [0.15, 0.2) is 83.9 Å². The first-order chi connectivity index (χ1) is 20.2. The first-order valence-electron chi connectivity index (χ1n) is 15.0. The van der Waals surface area contributed by atoms with Crippen molar-refractivity contribution in [1.82, 2.24) is 14.8 Å². The lowest BCUT2D eigenvalue weighted by Crippen LogP contribution is -2.08. The zero-order valence-corrected chi connectivity index (χ0v) is 24.8. The third-order valence-electron chi connectivity index (χ3n) is 8.80. The number of benzene rings is 3. The molecule has 0 radical (unpaired) electrons. The van der Waals surface area contributed by atoms with Gasteiger partial charge in [0.2, 0.25) is 0 Å². The Morgan fingerprint density at radius 1 is 0.805 bits per heavy atom. The van der Waals surface area contributed by atoms with Crippen LogP contribution in [0.4, 0.5) is 0 Å². The van der Waals surface area contributed by atoms with Crippen molar-refractivity contribution in [3.8, 4) is 5.00 Å². The molecular formula is C36H36N4S. The van der Waals surface area contributed by atoms with E-state index in [1.807, 2.05) is 11.3 Å². The van der Waals surface area contributed by atoms with E-state index >= 15 is 0 Å². The second kappa shape index (κ2) is 11.2. The van der Waals surface area contributed by atoms with Crippen molar-refractivity contribution in [2.75, 3.05) is 0 Å². The van der Waals surface area contributed by atoms with E-state index in [9.17, 15) is 0 Å². The standard InChI is InChI=1S/C36H36N4S/c1-3-25-12-17-28(18-13-25)31(22-27-8-5-4-6-9-27)29-19-14-26(15-20-29)16-21-32-35-30-10-7-11-33(30)41-36(35)40-24(2)38-39-34(40)23-37-32/h4-6,8-9,12-15,17-20,31H,3,7,10-11,16,21-23H2,1-2H3. The summed E-state index contributed by atoms with van der Waals surface area (Å²) in [6.45, 7) is 4.87. The van der Waals surface area contributed by atoms with Crippen molar-refractivity contribution in [3.05, 3.63) is 134 Å². The molecule has 7 rings (SSSR count). The molecule has 1 unspecified atom stereocenters. The summed E-state index contributed by atoms with van der Waals surface area (Å²) in [4.78, 5) is 6.66. The van der Waals surface area contributed by atoms with E-state index in [2.05, 4.69) is 107 Å². The van der Waals surface area contributed by atoms with Gasteiger partial charge >= 0.3 is 0 Å². The van der Waals surface area contributed by atoms with Crippen LogP contribution in [-0.2, 0) is 38.6 Å².